The number of Topliss-reactive ketones (excluding diaryl/α,β-unsaturated/α-hetero) is 1. The van der Waals surface area contributed by atoms with Gasteiger partial charge in [-0.15, -0.1) is 0 Å². The van der Waals surface area contributed by atoms with Gasteiger partial charge in [0, 0.05) is 59.9 Å². The fourth-order valence-corrected chi connectivity index (χ4v) is 5.61. The summed E-state index contributed by atoms with van der Waals surface area (Å²) in [7, 11) is 3.98. The van der Waals surface area contributed by atoms with Crippen LogP contribution in [0.1, 0.15) is 49.7 Å². The molecule has 190 valence electrons. The molecular weight excluding hydrogens is 492 g/mol. The third kappa shape index (κ3) is 5.65. The highest BCUT2D eigenvalue weighted by Crippen LogP contribution is 2.46. The first-order chi connectivity index (χ1) is 17.3. The van der Waals surface area contributed by atoms with Crippen LogP contribution in [-0.4, -0.2) is 44.0 Å². The standard InChI is InChI=1S/C29H33ClN2O3S/c1-5-36-15-14-35-29(34)26-18(2)31-24-16-21(19-6-10-22(30)11-7-19)17-25(33)28(24)27(26)20-8-12-23(13-9-20)32(3)4/h6-13,21,27,31H,5,14-17H2,1-4H3/t21-,27+/m0/s1. The van der Waals surface area contributed by atoms with E-state index in [0.717, 1.165) is 39.7 Å². The molecule has 0 radical (unpaired) electrons. The van der Waals surface area contributed by atoms with Crippen molar-refractivity contribution in [1.29, 1.82) is 0 Å². The minimum atomic E-state index is -0.456. The summed E-state index contributed by atoms with van der Waals surface area (Å²) in [4.78, 5) is 29.1. The molecule has 0 aromatic heterocycles. The number of hydrogen-bond donors (Lipinski definition) is 1. The van der Waals surface area contributed by atoms with Crippen molar-refractivity contribution >= 4 is 40.8 Å². The SMILES string of the molecule is CCSCCOC(=O)C1=C(C)NC2=C(C(=O)C[C@@H](c3ccc(Cl)cc3)C2)[C@@H]1c1ccc(N(C)C)cc1. The van der Waals surface area contributed by atoms with Gasteiger partial charge in [-0.1, -0.05) is 42.8 Å². The van der Waals surface area contributed by atoms with E-state index in [-0.39, 0.29) is 17.7 Å². The zero-order valence-electron chi connectivity index (χ0n) is 21.3. The van der Waals surface area contributed by atoms with Crippen LogP contribution < -0.4 is 10.2 Å². The molecule has 2 aliphatic rings. The first-order valence-corrected chi connectivity index (χ1v) is 13.8. The smallest absolute Gasteiger partial charge is 0.336 e. The van der Waals surface area contributed by atoms with E-state index in [2.05, 4.69) is 12.2 Å². The topological polar surface area (TPSA) is 58.6 Å². The van der Waals surface area contributed by atoms with Crippen molar-refractivity contribution < 1.29 is 14.3 Å². The van der Waals surface area contributed by atoms with Crippen LogP contribution in [0.4, 0.5) is 5.69 Å². The highest BCUT2D eigenvalue weighted by atomic mass is 35.5. The maximum absolute atomic E-state index is 13.7. The van der Waals surface area contributed by atoms with E-state index in [1.165, 1.54) is 0 Å². The molecule has 36 heavy (non-hydrogen) atoms. The molecule has 2 aromatic rings. The largest absolute Gasteiger partial charge is 0.461 e. The van der Waals surface area contributed by atoms with Crippen molar-refractivity contribution in [2.24, 2.45) is 0 Å². The maximum atomic E-state index is 13.7. The molecule has 0 saturated carbocycles. The van der Waals surface area contributed by atoms with Crippen molar-refractivity contribution in [2.75, 3.05) is 37.1 Å². The first kappa shape index (κ1) is 26.4. The Morgan fingerprint density at radius 3 is 2.39 bits per heavy atom. The number of rotatable bonds is 8. The van der Waals surface area contributed by atoms with E-state index in [9.17, 15) is 9.59 Å². The van der Waals surface area contributed by atoms with Crippen molar-refractivity contribution in [3.8, 4) is 0 Å². The summed E-state index contributed by atoms with van der Waals surface area (Å²) in [6.45, 7) is 4.33. The lowest BCUT2D eigenvalue weighted by atomic mass is 9.71. The Kier molecular flexibility index (Phi) is 8.47. The van der Waals surface area contributed by atoms with E-state index in [0.29, 0.717) is 35.6 Å². The molecule has 1 aliphatic carbocycles. The number of esters is 1. The van der Waals surface area contributed by atoms with Gasteiger partial charge in [0.25, 0.3) is 0 Å². The van der Waals surface area contributed by atoms with E-state index >= 15 is 0 Å². The normalized spacial score (nSPS) is 19.6. The van der Waals surface area contributed by atoms with Crippen LogP contribution in [0.5, 0.6) is 0 Å². The predicted octanol–water partition coefficient (Wildman–Crippen LogP) is 6.06. The molecule has 0 fully saturated rings. The zero-order valence-corrected chi connectivity index (χ0v) is 22.8. The lowest BCUT2D eigenvalue weighted by Crippen LogP contribution is -2.36. The minimum absolute atomic E-state index is 0.0599. The Balaban J connectivity index is 1.71. The third-order valence-electron chi connectivity index (χ3n) is 6.80. The quantitative estimate of drug-likeness (QED) is 0.334. The number of dihydropyridines is 1. The number of thioether (sulfide) groups is 1. The van der Waals surface area contributed by atoms with E-state index < -0.39 is 5.92 Å². The van der Waals surface area contributed by atoms with E-state index in [1.807, 2.05) is 74.4 Å². The van der Waals surface area contributed by atoms with Gasteiger partial charge in [0.05, 0.1) is 5.57 Å². The lowest BCUT2D eigenvalue weighted by Gasteiger charge is -2.36. The molecule has 0 spiro atoms. The summed E-state index contributed by atoms with van der Waals surface area (Å²) in [6.07, 6.45) is 1.09. The highest BCUT2D eigenvalue weighted by Gasteiger charge is 2.41. The summed E-state index contributed by atoms with van der Waals surface area (Å²) in [5.74, 6) is 1.02. The molecule has 1 N–H and O–H groups in total. The Hall–Kier alpha value is -2.70. The molecule has 1 aliphatic heterocycles. The lowest BCUT2D eigenvalue weighted by molar-refractivity contribution is -0.138. The fourth-order valence-electron chi connectivity index (χ4n) is 4.99. The fraction of sp³-hybridized carbons (Fsp3) is 0.379. The third-order valence-corrected chi connectivity index (χ3v) is 7.91. The highest BCUT2D eigenvalue weighted by molar-refractivity contribution is 7.99. The van der Waals surface area contributed by atoms with Gasteiger partial charge in [0.15, 0.2) is 5.78 Å². The Morgan fingerprint density at radius 2 is 1.75 bits per heavy atom. The van der Waals surface area contributed by atoms with Gasteiger partial charge < -0.3 is 15.0 Å². The second-order valence-electron chi connectivity index (χ2n) is 9.39. The predicted molar refractivity (Wildman–Crippen MR) is 149 cm³/mol. The zero-order chi connectivity index (χ0) is 25.8. The van der Waals surface area contributed by atoms with Gasteiger partial charge in [0.1, 0.15) is 6.61 Å². The van der Waals surface area contributed by atoms with Gasteiger partial charge in [-0.2, -0.15) is 11.8 Å². The number of carbonyl (C=O) groups is 2. The first-order valence-electron chi connectivity index (χ1n) is 12.3. The monoisotopic (exact) mass is 524 g/mol. The van der Waals surface area contributed by atoms with Crippen LogP contribution in [0.2, 0.25) is 5.02 Å². The molecule has 5 nitrogen and oxygen atoms in total. The van der Waals surface area contributed by atoms with Crippen LogP contribution in [0.25, 0.3) is 0 Å². The number of allylic oxidation sites excluding steroid dienone is 3. The Morgan fingerprint density at radius 1 is 1.08 bits per heavy atom. The molecular formula is C29H33ClN2O3S. The number of hydrogen-bond acceptors (Lipinski definition) is 6. The minimum Gasteiger partial charge on any atom is -0.461 e. The molecule has 0 amide bonds. The van der Waals surface area contributed by atoms with Gasteiger partial charge >= 0.3 is 5.97 Å². The van der Waals surface area contributed by atoms with Crippen molar-refractivity contribution in [2.45, 2.75) is 38.5 Å². The van der Waals surface area contributed by atoms with Crippen LogP contribution in [0.15, 0.2) is 71.1 Å². The van der Waals surface area contributed by atoms with Crippen molar-refractivity contribution in [3.05, 3.63) is 87.2 Å². The number of benzene rings is 2. The molecule has 4 rings (SSSR count). The Labute approximate surface area is 222 Å². The van der Waals surface area contributed by atoms with Crippen LogP contribution in [-0.2, 0) is 14.3 Å². The molecule has 1 heterocycles. The second kappa shape index (κ2) is 11.6. The van der Waals surface area contributed by atoms with Crippen molar-refractivity contribution in [3.63, 3.8) is 0 Å². The number of halogens is 1. The summed E-state index contributed by atoms with van der Waals surface area (Å²) in [5, 5.41) is 4.10. The van der Waals surface area contributed by atoms with E-state index in [4.69, 9.17) is 16.3 Å². The van der Waals surface area contributed by atoms with Crippen LogP contribution in [0, 0.1) is 0 Å². The number of nitrogens with zero attached hydrogens (tertiary/aromatic N) is 1. The molecule has 2 aromatic carbocycles. The number of ether oxygens (including phenoxy) is 1. The second-order valence-corrected chi connectivity index (χ2v) is 11.2. The van der Waals surface area contributed by atoms with Crippen molar-refractivity contribution in [1.82, 2.24) is 5.32 Å². The summed E-state index contributed by atoms with van der Waals surface area (Å²) in [6, 6.07) is 15.8. The van der Waals surface area contributed by atoms with Gasteiger partial charge in [-0.25, -0.2) is 4.79 Å². The number of ketones is 1. The number of anilines is 1. The molecule has 0 saturated heterocycles. The van der Waals surface area contributed by atoms with E-state index in [1.54, 1.807) is 11.8 Å². The van der Waals surface area contributed by atoms with Gasteiger partial charge in [0.2, 0.25) is 0 Å². The summed E-state index contributed by atoms with van der Waals surface area (Å²) in [5.41, 5.74) is 5.90. The number of carbonyl (C=O) groups excluding carboxylic acids is 2. The Bertz CT molecular complexity index is 1190. The molecule has 2 atom stereocenters. The molecule has 0 unspecified atom stereocenters. The molecule has 7 heteroatoms. The average molecular weight is 525 g/mol. The van der Waals surface area contributed by atoms with Gasteiger partial charge in [-0.05, 0) is 60.4 Å². The van der Waals surface area contributed by atoms with Gasteiger partial charge in [-0.3, -0.25) is 4.79 Å². The maximum Gasteiger partial charge on any atom is 0.336 e. The van der Waals surface area contributed by atoms with Crippen LogP contribution in [0.3, 0.4) is 0 Å². The summed E-state index contributed by atoms with van der Waals surface area (Å²) >= 11 is 7.81. The summed E-state index contributed by atoms with van der Waals surface area (Å²) < 4.78 is 5.67. The van der Waals surface area contributed by atoms with Crippen LogP contribution >= 0.6 is 23.4 Å². The average Bonchev–Trinajstić information content (AvgIpc) is 2.86. The number of nitrogens with one attached hydrogen (secondary N) is 1. The molecule has 0 bridgehead atoms.